The summed E-state index contributed by atoms with van der Waals surface area (Å²) < 4.78 is 4.93. The van der Waals surface area contributed by atoms with E-state index in [2.05, 4.69) is 4.98 Å². The SMILES string of the molecule is Cc1nc(C(C)N)co1. The maximum absolute atomic E-state index is 5.50. The van der Waals surface area contributed by atoms with Gasteiger partial charge in [0.25, 0.3) is 0 Å². The second-order valence-electron chi connectivity index (χ2n) is 2.08. The zero-order valence-corrected chi connectivity index (χ0v) is 5.59. The molecule has 0 aliphatic heterocycles. The molecule has 0 aliphatic rings. The van der Waals surface area contributed by atoms with Crippen molar-refractivity contribution in [1.29, 1.82) is 0 Å². The topological polar surface area (TPSA) is 52.0 Å². The van der Waals surface area contributed by atoms with Crippen LogP contribution < -0.4 is 5.73 Å². The van der Waals surface area contributed by atoms with E-state index in [1.54, 1.807) is 13.2 Å². The molecule has 0 saturated carbocycles. The summed E-state index contributed by atoms with van der Waals surface area (Å²) in [4.78, 5) is 4.02. The molecule has 0 bridgehead atoms. The number of hydrogen-bond acceptors (Lipinski definition) is 3. The van der Waals surface area contributed by atoms with Gasteiger partial charge in [-0.15, -0.1) is 0 Å². The second kappa shape index (κ2) is 2.19. The fraction of sp³-hybridized carbons (Fsp3) is 0.500. The van der Waals surface area contributed by atoms with Crippen LogP contribution in [0.4, 0.5) is 0 Å². The Hall–Kier alpha value is -0.830. The molecule has 9 heavy (non-hydrogen) atoms. The Morgan fingerprint density at radius 1 is 1.78 bits per heavy atom. The number of oxazole rings is 1. The summed E-state index contributed by atoms with van der Waals surface area (Å²) in [6.07, 6.45) is 1.58. The number of rotatable bonds is 1. The Balaban J connectivity index is 2.85. The van der Waals surface area contributed by atoms with Crippen LogP contribution in [-0.4, -0.2) is 4.98 Å². The van der Waals surface area contributed by atoms with Gasteiger partial charge in [0, 0.05) is 13.0 Å². The van der Waals surface area contributed by atoms with Crippen LogP contribution in [0.1, 0.15) is 24.6 Å². The van der Waals surface area contributed by atoms with Crippen LogP contribution in [0.3, 0.4) is 0 Å². The molecular weight excluding hydrogens is 116 g/mol. The van der Waals surface area contributed by atoms with Gasteiger partial charge in [0.1, 0.15) is 6.26 Å². The Morgan fingerprint density at radius 2 is 2.44 bits per heavy atom. The molecule has 1 aromatic rings. The lowest BCUT2D eigenvalue weighted by Crippen LogP contribution is -2.04. The molecule has 50 valence electrons. The summed E-state index contributed by atoms with van der Waals surface area (Å²) in [6, 6.07) is -0.0255. The van der Waals surface area contributed by atoms with Crippen molar-refractivity contribution in [3.63, 3.8) is 0 Å². The first-order valence-corrected chi connectivity index (χ1v) is 2.88. The average molecular weight is 126 g/mol. The van der Waals surface area contributed by atoms with Crippen LogP contribution in [0.15, 0.2) is 10.7 Å². The Bertz CT molecular complexity index is 193. The maximum Gasteiger partial charge on any atom is 0.191 e. The lowest BCUT2D eigenvalue weighted by molar-refractivity contribution is 0.520. The minimum Gasteiger partial charge on any atom is -0.449 e. The summed E-state index contributed by atoms with van der Waals surface area (Å²) in [7, 11) is 0. The normalized spacial score (nSPS) is 13.7. The summed E-state index contributed by atoms with van der Waals surface area (Å²) in [5.74, 6) is 0.669. The highest BCUT2D eigenvalue weighted by Gasteiger charge is 2.02. The summed E-state index contributed by atoms with van der Waals surface area (Å²) >= 11 is 0. The average Bonchev–Trinajstić information content (AvgIpc) is 2.14. The third-order valence-electron chi connectivity index (χ3n) is 1.10. The molecule has 0 fully saturated rings. The molecular formula is C6H10N2O. The van der Waals surface area contributed by atoms with Gasteiger partial charge in [-0.2, -0.15) is 0 Å². The number of aryl methyl sites for hydroxylation is 1. The van der Waals surface area contributed by atoms with E-state index in [1.165, 1.54) is 0 Å². The largest absolute Gasteiger partial charge is 0.449 e. The molecule has 0 aliphatic carbocycles. The minimum atomic E-state index is -0.0255. The van der Waals surface area contributed by atoms with Crippen LogP contribution >= 0.6 is 0 Å². The molecule has 0 radical (unpaired) electrons. The summed E-state index contributed by atoms with van der Waals surface area (Å²) in [5.41, 5.74) is 6.32. The van der Waals surface area contributed by atoms with Gasteiger partial charge in [0.15, 0.2) is 5.89 Å². The lowest BCUT2D eigenvalue weighted by atomic mass is 10.3. The van der Waals surface area contributed by atoms with E-state index in [0.717, 1.165) is 5.69 Å². The van der Waals surface area contributed by atoms with Crippen molar-refractivity contribution in [2.45, 2.75) is 19.9 Å². The van der Waals surface area contributed by atoms with Crippen LogP contribution in [0, 0.1) is 6.92 Å². The van der Waals surface area contributed by atoms with Gasteiger partial charge < -0.3 is 10.2 Å². The van der Waals surface area contributed by atoms with Crippen LogP contribution in [0.5, 0.6) is 0 Å². The van der Waals surface area contributed by atoms with Gasteiger partial charge in [0.05, 0.1) is 5.69 Å². The van der Waals surface area contributed by atoms with Crippen molar-refractivity contribution in [3.05, 3.63) is 17.8 Å². The molecule has 1 unspecified atom stereocenters. The number of hydrogen-bond donors (Lipinski definition) is 1. The first-order chi connectivity index (χ1) is 4.20. The number of aromatic nitrogens is 1. The fourth-order valence-electron chi connectivity index (χ4n) is 0.589. The molecule has 3 heteroatoms. The third-order valence-corrected chi connectivity index (χ3v) is 1.10. The van der Waals surface area contributed by atoms with E-state index in [4.69, 9.17) is 10.2 Å². The molecule has 0 saturated heterocycles. The van der Waals surface area contributed by atoms with Crippen molar-refractivity contribution in [3.8, 4) is 0 Å². The lowest BCUT2D eigenvalue weighted by Gasteiger charge is -1.94. The van der Waals surface area contributed by atoms with Gasteiger partial charge in [0.2, 0.25) is 0 Å². The predicted octanol–water partition coefficient (Wildman–Crippen LogP) is 1.00. The quantitative estimate of drug-likeness (QED) is 0.610. The fourth-order valence-corrected chi connectivity index (χ4v) is 0.589. The molecule has 0 spiro atoms. The van der Waals surface area contributed by atoms with Gasteiger partial charge in [-0.1, -0.05) is 0 Å². The highest BCUT2D eigenvalue weighted by Crippen LogP contribution is 2.07. The molecule has 3 nitrogen and oxygen atoms in total. The van der Waals surface area contributed by atoms with Crippen LogP contribution in [0.25, 0.3) is 0 Å². The Kier molecular flexibility index (Phi) is 1.53. The van der Waals surface area contributed by atoms with Gasteiger partial charge in [-0.05, 0) is 6.92 Å². The summed E-state index contributed by atoms with van der Waals surface area (Å²) in [6.45, 7) is 3.67. The van der Waals surface area contributed by atoms with Crippen LogP contribution in [0.2, 0.25) is 0 Å². The van der Waals surface area contributed by atoms with E-state index < -0.39 is 0 Å². The highest BCUT2D eigenvalue weighted by molar-refractivity contribution is 4.99. The first kappa shape index (κ1) is 6.29. The first-order valence-electron chi connectivity index (χ1n) is 2.88. The second-order valence-corrected chi connectivity index (χ2v) is 2.08. The van der Waals surface area contributed by atoms with Crippen molar-refractivity contribution in [2.75, 3.05) is 0 Å². The molecule has 2 N–H and O–H groups in total. The molecule has 1 atom stereocenters. The number of nitrogens with zero attached hydrogens (tertiary/aromatic N) is 1. The van der Waals surface area contributed by atoms with Crippen molar-refractivity contribution >= 4 is 0 Å². The van der Waals surface area contributed by atoms with E-state index in [1.807, 2.05) is 6.92 Å². The van der Waals surface area contributed by atoms with Gasteiger partial charge in [-0.3, -0.25) is 0 Å². The van der Waals surface area contributed by atoms with Crippen molar-refractivity contribution in [2.24, 2.45) is 5.73 Å². The minimum absolute atomic E-state index is 0.0255. The Morgan fingerprint density at radius 3 is 2.67 bits per heavy atom. The Labute approximate surface area is 53.9 Å². The van der Waals surface area contributed by atoms with E-state index in [9.17, 15) is 0 Å². The van der Waals surface area contributed by atoms with E-state index in [0.29, 0.717) is 5.89 Å². The van der Waals surface area contributed by atoms with Crippen LogP contribution in [-0.2, 0) is 0 Å². The zero-order valence-electron chi connectivity index (χ0n) is 5.59. The third kappa shape index (κ3) is 1.29. The van der Waals surface area contributed by atoms with Gasteiger partial charge in [-0.25, -0.2) is 4.98 Å². The van der Waals surface area contributed by atoms with E-state index in [-0.39, 0.29) is 6.04 Å². The number of nitrogens with two attached hydrogens (primary N) is 1. The van der Waals surface area contributed by atoms with Gasteiger partial charge >= 0.3 is 0 Å². The van der Waals surface area contributed by atoms with E-state index >= 15 is 0 Å². The highest BCUT2D eigenvalue weighted by atomic mass is 16.3. The zero-order chi connectivity index (χ0) is 6.85. The van der Waals surface area contributed by atoms with Crippen molar-refractivity contribution in [1.82, 2.24) is 4.98 Å². The summed E-state index contributed by atoms with van der Waals surface area (Å²) in [5, 5.41) is 0. The molecule has 1 heterocycles. The monoisotopic (exact) mass is 126 g/mol. The molecule has 0 amide bonds. The van der Waals surface area contributed by atoms with Crippen molar-refractivity contribution < 1.29 is 4.42 Å². The molecule has 1 rings (SSSR count). The maximum atomic E-state index is 5.50. The molecule has 1 aromatic heterocycles. The molecule has 0 aromatic carbocycles. The smallest absolute Gasteiger partial charge is 0.191 e. The predicted molar refractivity (Wildman–Crippen MR) is 33.8 cm³/mol. The standard InChI is InChI=1S/C6H10N2O/c1-4(7)6-3-9-5(2)8-6/h3-4H,7H2,1-2H3.